The number of benzene rings is 1. The minimum Gasteiger partial charge on any atom is -0.477 e. The second-order valence-electron chi connectivity index (χ2n) is 10.3. The number of likely N-dealkylation sites (tertiary alicyclic amines) is 1. The molecule has 1 aliphatic heterocycles. The summed E-state index contributed by atoms with van der Waals surface area (Å²) in [5.74, 6) is -1.42. The van der Waals surface area contributed by atoms with Crippen LogP contribution in [0.3, 0.4) is 0 Å². The Hall–Kier alpha value is -3.49. The third-order valence-corrected chi connectivity index (χ3v) is 6.12. The zero-order valence-corrected chi connectivity index (χ0v) is 20.7. The predicted molar refractivity (Wildman–Crippen MR) is 130 cm³/mol. The molecule has 0 unspecified atom stereocenters. The van der Waals surface area contributed by atoms with Crippen LogP contribution in [0.5, 0.6) is 0 Å². The van der Waals surface area contributed by atoms with E-state index in [1.165, 1.54) is 12.1 Å². The quantitative estimate of drug-likeness (QED) is 0.528. The second-order valence-corrected chi connectivity index (χ2v) is 10.3. The van der Waals surface area contributed by atoms with Crippen LogP contribution >= 0.6 is 0 Å². The summed E-state index contributed by atoms with van der Waals surface area (Å²) in [6.45, 7) is 10.6. The fourth-order valence-corrected chi connectivity index (χ4v) is 4.47. The molecule has 1 N–H and O–H groups in total. The van der Waals surface area contributed by atoms with Crippen molar-refractivity contribution in [3.8, 4) is 5.69 Å². The average Bonchev–Trinajstić information content (AvgIpc) is 3.18. The standard InChI is InChI=1S/C26H31FN4O4/c1-15(2)22-21-19(16-10-12-30(13-11-16)25(34)35-26(3,4)5)14-20(24(32)33)28-23(21)31(29-22)18-8-6-17(27)7-9-18/h6-9,14-16H,10-13H2,1-5H3,(H,32,33). The summed E-state index contributed by atoms with van der Waals surface area (Å²) in [5, 5.41) is 15.4. The van der Waals surface area contributed by atoms with Crippen LogP contribution in [0, 0.1) is 5.82 Å². The van der Waals surface area contributed by atoms with E-state index in [0.717, 1.165) is 16.6 Å². The lowest BCUT2D eigenvalue weighted by Crippen LogP contribution is -2.41. The van der Waals surface area contributed by atoms with Crippen molar-refractivity contribution in [3.05, 3.63) is 53.1 Å². The van der Waals surface area contributed by atoms with E-state index in [9.17, 15) is 19.1 Å². The highest BCUT2D eigenvalue weighted by Gasteiger charge is 2.31. The molecule has 0 aliphatic carbocycles. The number of halogens is 1. The fourth-order valence-electron chi connectivity index (χ4n) is 4.47. The Morgan fingerprint density at radius 2 is 1.77 bits per heavy atom. The lowest BCUT2D eigenvalue weighted by atomic mass is 9.86. The van der Waals surface area contributed by atoms with E-state index in [-0.39, 0.29) is 29.4 Å². The summed E-state index contributed by atoms with van der Waals surface area (Å²) in [6.07, 6.45) is 0.988. The number of piperidine rings is 1. The first-order valence-electron chi connectivity index (χ1n) is 11.9. The first kappa shape index (κ1) is 24.6. The molecule has 3 heterocycles. The third kappa shape index (κ3) is 5.13. The van der Waals surface area contributed by atoms with Crippen molar-refractivity contribution in [2.75, 3.05) is 13.1 Å². The molecule has 1 fully saturated rings. The second kappa shape index (κ2) is 9.28. The zero-order chi connectivity index (χ0) is 25.5. The van der Waals surface area contributed by atoms with E-state index in [2.05, 4.69) is 4.98 Å². The van der Waals surface area contributed by atoms with Gasteiger partial charge in [-0.05, 0) is 81.3 Å². The van der Waals surface area contributed by atoms with Crippen molar-refractivity contribution in [2.45, 2.75) is 64.9 Å². The molecule has 3 aromatic rings. The number of aromatic nitrogens is 3. The minimum atomic E-state index is -1.13. The summed E-state index contributed by atoms with van der Waals surface area (Å²) < 4.78 is 20.6. The topological polar surface area (TPSA) is 97.5 Å². The molecular formula is C26H31FN4O4. The number of pyridine rings is 1. The zero-order valence-electron chi connectivity index (χ0n) is 20.7. The fraction of sp³-hybridized carbons (Fsp3) is 0.462. The number of carboxylic acid groups (broad SMARTS) is 1. The van der Waals surface area contributed by atoms with Gasteiger partial charge in [-0.2, -0.15) is 5.10 Å². The minimum absolute atomic E-state index is 0.0284. The van der Waals surface area contributed by atoms with Crippen molar-refractivity contribution >= 4 is 23.1 Å². The van der Waals surface area contributed by atoms with Crippen molar-refractivity contribution in [2.24, 2.45) is 0 Å². The smallest absolute Gasteiger partial charge is 0.410 e. The number of carbonyl (C=O) groups excluding carboxylic acids is 1. The van der Waals surface area contributed by atoms with Crippen LogP contribution in [0.4, 0.5) is 9.18 Å². The van der Waals surface area contributed by atoms with Gasteiger partial charge in [-0.25, -0.2) is 23.6 Å². The largest absolute Gasteiger partial charge is 0.477 e. The van der Waals surface area contributed by atoms with Crippen molar-refractivity contribution in [1.29, 1.82) is 0 Å². The highest BCUT2D eigenvalue weighted by molar-refractivity contribution is 5.92. The summed E-state index contributed by atoms with van der Waals surface area (Å²) in [7, 11) is 0. The van der Waals surface area contributed by atoms with Gasteiger partial charge >= 0.3 is 12.1 Å². The highest BCUT2D eigenvalue weighted by Crippen LogP contribution is 2.38. The Labute approximate surface area is 203 Å². The number of fused-ring (bicyclic) bond motifs is 1. The normalized spacial score (nSPS) is 15.1. The maximum Gasteiger partial charge on any atom is 0.410 e. The van der Waals surface area contributed by atoms with Gasteiger partial charge in [-0.3, -0.25) is 0 Å². The number of carbonyl (C=O) groups is 2. The summed E-state index contributed by atoms with van der Waals surface area (Å²) in [4.78, 5) is 30.6. The van der Waals surface area contributed by atoms with Crippen LogP contribution in [0.2, 0.25) is 0 Å². The van der Waals surface area contributed by atoms with E-state index in [1.54, 1.807) is 27.8 Å². The van der Waals surface area contributed by atoms with Gasteiger partial charge in [0.1, 0.15) is 11.4 Å². The number of amides is 1. The molecule has 1 saturated heterocycles. The van der Waals surface area contributed by atoms with E-state index in [1.807, 2.05) is 34.6 Å². The summed E-state index contributed by atoms with van der Waals surface area (Å²) >= 11 is 0. The van der Waals surface area contributed by atoms with Gasteiger partial charge in [-0.1, -0.05) is 13.8 Å². The molecule has 0 saturated carbocycles. The van der Waals surface area contributed by atoms with Gasteiger partial charge in [0.05, 0.1) is 11.4 Å². The maximum atomic E-state index is 13.5. The highest BCUT2D eigenvalue weighted by atomic mass is 19.1. The van der Waals surface area contributed by atoms with E-state index in [0.29, 0.717) is 37.3 Å². The van der Waals surface area contributed by atoms with E-state index in [4.69, 9.17) is 9.84 Å². The average molecular weight is 483 g/mol. The molecule has 1 aliphatic rings. The number of ether oxygens (including phenoxy) is 1. The number of aromatic carboxylic acids is 1. The molecule has 0 atom stereocenters. The third-order valence-electron chi connectivity index (χ3n) is 6.12. The summed E-state index contributed by atoms with van der Waals surface area (Å²) in [6, 6.07) is 7.51. The molecule has 0 radical (unpaired) electrons. The van der Waals surface area contributed by atoms with Crippen LogP contribution in [0.1, 0.15) is 81.0 Å². The van der Waals surface area contributed by atoms with Gasteiger partial charge in [0.25, 0.3) is 0 Å². The molecule has 1 aromatic carbocycles. The van der Waals surface area contributed by atoms with Gasteiger partial charge < -0.3 is 14.7 Å². The molecule has 0 bridgehead atoms. The monoisotopic (exact) mass is 482 g/mol. The first-order valence-corrected chi connectivity index (χ1v) is 11.9. The van der Waals surface area contributed by atoms with Gasteiger partial charge in [0, 0.05) is 18.5 Å². The number of hydrogen-bond acceptors (Lipinski definition) is 5. The van der Waals surface area contributed by atoms with Crippen LogP contribution in [0.15, 0.2) is 30.3 Å². The Morgan fingerprint density at radius 3 is 2.31 bits per heavy atom. The van der Waals surface area contributed by atoms with Gasteiger partial charge in [0.2, 0.25) is 0 Å². The Bertz CT molecular complexity index is 1250. The molecule has 4 rings (SSSR count). The molecule has 9 heteroatoms. The van der Waals surface area contributed by atoms with Gasteiger partial charge in [0.15, 0.2) is 11.3 Å². The Balaban J connectivity index is 1.77. The number of nitrogens with zero attached hydrogens (tertiary/aromatic N) is 4. The molecule has 1 amide bonds. The van der Waals surface area contributed by atoms with E-state index < -0.39 is 11.6 Å². The van der Waals surface area contributed by atoms with E-state index >= 15 is 0 Å². The number of carboxylic acids is 1. The Kier molecular flexibility index (Phi) is 6.53. The lowest BCUT2D eigenvalue weighted by molar-refractivity contribution is 0.0205. The first-order chi connectivity index (χ1) is 16.4. The molecule has 186 valence electrons. The molecule has 35 heavy (non-hydrogen) atoms. The number of hydrogen-bond donors (Lipinski definition) is 1. The maximum absolute atomic E-state index is 13.5. The van der Waals surface area contributed by atoms with Crippen LogP contribution in [-0.2, 0) is 4.74 Å². The molecule has 0 spiro atoms. The van der Waals surface area contributed by atoms with Crippen LogP contribution in [-0.4, -0.2) is 55.5 Å². The SMILES string of the molecule is CC(C)c1nn(-c2ccc(F)cc2)c2nc(C(=O)O)cc(C3CCN(C(=O)OC(C)(C)C)CC3)c12. The Morgan fingerprint density at radius 1 is 1.14 bits per heavy atom. The lowest BCUT2D eigenvalue weighted by Gasteiger charge is -2.34. The van der Waals surface area contributed by atoms with Crippen molar-refractivity contribution in [3.63, 3.8) is 0 Å². The van der Waals surface area contributed by atoms with Crippen LogP contribution in [0.25, 0.3) is 16.7 Å². The van der Waals surface area contributed by atoms with Crippen molar-refractivity contribution in [1.82, 2.24) is 19.7 Å². The van der Waals surface area contributed by atoms with Gasteiger partial charge in [-0.15, -0.1) is 0 Å². The molecule has 2 aromatic heterocycles. The molecular weight excluding hydrogens is 451 g/mol. The predicted octanol–water partition coefficient (Wildman–Crippen LogP) is 5.50. The van der Waals surface area contributed by atoms with Crippen molar-refractivity contribution < 1.29 is 23.8 Å². The molecule has 8 nitrogen and oxygen atoms in total. The van der Waals surface area contributed by atoms with Crippen LogP contribution < -0.4 is 0 Å². The number of rotatable bonds is 4. The summed E-state index contributed by atoms with van der Waals surface area (Å²) in [5.41, 5.74) is 2.07.